The highest BCUT2D eigenvalue weighted by Crippen LogP contribution is 2.23. The van der Waals surface area contributed by atoms with Gasteiger partial charge in [-0.2, -0.15) is 0 Å². The van der Waals surface area contributed by atoms with E-state index in [1.165, 1.54) is 6.07 Å². The smallest absolute Gasteiger partial charge is 0.315 e. The number of urea groups is 1. The fourth-order valence-corrected chi connectivity index (χ4v) is 3.65. The van der Waals surface area contributed by atoms with Gasteiger partial charge in [0.05, 0.1) is 11.8 Å². The molecule has 3 N–H and O–H groups in total. The van der Waals surface area contributed by atoms with Gasteiger partial charge in [-0.1, -0.05) is 12.1 Å². The van der Waals surface area contributed by atoms with Gasteiger partial charge in [0.2, 0.25) is 0 Å². The second-order valence-electron chi connectivity index (χ2n) is 6.86. The number of hydrogen-bond acceptors (Lipinski definition) is 3. The molecular weight excluding hydrogens is 309 g/mol. The quantitative estimate of drug-likeness (QED) is 0.795. The number of benzene rings is 1. The second-order valence-corrected chi connectivity index (χ2v) is 6.86. The molecule has 1 aliphatic heterocycles. The lowest BCUT2D eigenvalue weighted by Crippen LogP contribution is -2.52. The number of para-hydroxylation sites is 1. The zero-order valence-electron chi connectivity index (χ0n) is 13.9. The van der Waals surface area contributed by atoms with Crippen LogP contribution in [-0.2, 0) is 0 Å². The van der Waals surface area contributed by atoms with Crippen molar-refractivity contribution in [2.45, 2.75) is 56.7 Å². The van der Waals surface area contributed by atoms with Gasteiger partial charge in [-0.15, -0.1) is 0 Å². The van der Waals surface area contributed by atoms with Gasteiger partial charge in [0.25, 0.3) is 0 Å². The average Bonchev–Trinajstić information content (AvgIpc) is 2.57. The van der Waals surface area contributed by atoms with Gasteiger partial charge in [0, 0.05) is 25.2 Å². The molecule has 5 nitrogen and oxygen atoms in total. The van der Waals surface area contributed by atoms with Gasteiger partial charge < -0.3 is 20.6 Å². The van der Waals surface area contributed by atoms with Crippen LogP contribution in [0.3, 0.4) is 0 Å². The molecule has 2 amide bonds. The summed E-state index contributed by atoms with van der Waals surface area (Å²) in [5.41, 5.74) is 0.602. The molecule has 1 aliphatic carbocycles. The van der Waals surface area contributed by atoms with Gasteiger partial charge in [-0.3, -0.25) is 0 Å². The molecule has 6 heteroatoms. The number of aliphatic hydroxyl groups is 1. The monoisotopic (exact) mass is 335 g/mol. The van der Waals surface area contributed by atoms with Crippen LogP contribution in [0.25, 0.3) is 0 Å². The molecule has 1 unspecified atom stereocenters. The topological polar surface area (TPSA) is 64.6 Å². The third-order valence-electron chi connectivity index (χ3n) is 4.98. The first-order chi connectivity index (χ1) is 11.6. The van der Waals surface area contributed by atoms with Crippen LogP contribution in [0.4, 0.5) is 14.9 Å². The summed E-state index contributed by atoms with van der Waals surface area (Å²) in [6.07, 6.45) is 4.74. The van der Waals surface area contributed by atoms with Gasteiger partial charge in [0.15, 0.2) is 0 Å². The van der Waals surface area contributed by atoms with E-state index in [-0.39, 0.29) is 30.0 Å². The Morgan fingerprint density at radius 1 is 1.08 bits per heavy atom. The number of nitrogens with zero attached hydrogens (tertiary/aromatic N) is 1. The lowest BCUT2D eigenvalue weighted by Gasteiger charge is -2.35. The van der Waals surface area contributed by atoms with E-state index in [9.17, 15) is 14.3 Å². The highest BCUT2D eigenvalue weighted by Gasteiger charge is 2.25. The lowest BCUT2D eigenvalue weighted by molar-refractivity contribution is 0.117. The maximum absolute atomic E-state index is 13.9. The van der Waals surface area contributed by atoms with Crippen LogP contribution in [-0.4, -0.2) is 42.4 Å². The van der Waals surface area contributed by atoms with Crippen LogP contribution < -0.4 is 15.5 Å². The number of rotatable bonds is 3. The molecule has 1 aromatic rings. The van der Waals surface area contributed by atoms with Gasteiger partial charge in [-0.05, 0) is 50.7 Å². The summed E-state index contributed by atoms with van der Waals surface area (Å²) in [6.45, 7) is 1.43. The number of piperidine rings is 1. The minimum absolute atomic E-state index is 0.0209. The molecule has 24 heavy (non-hydrogen) atoms. The Kier molecular flexibility index (Phi) is 5.56. The number of hydrogen-bond donors (Lipinski definition) is 3. The van der Waals surface area contributed by atoms with Crippen molar-refractivity contribution < 1.29 is 14.3 Å². The van der Waals surface area contributed by atoms with Crippen LogP contribution in [0.1, 0.15) is 38.5 Å². The fraction of sp³-hybridized carbons (Fsp3) is 0.611. The number of halogens is 1. The Hall–Kier alpha value is -1.82. The van der Waals surface area contributed by atoms with Gasteiger partial charge in [-0.25, -0.2) is 9.18 Å². The summed E-state index contributed by atoms with van der Waals surface area (Å²) in [5, 5.41) is 15.5. The third kappa shape index (κ3) is 4.38. The summed E-state index contributed by atoms with van der Waals surface area (Å²) >= 11 is 0. The highest BCUT2D eigenvalue weighted by molar-refractivity contribution is 5.74. The van der Waals surface area contributed by atoms with Crippen LogP contribution in [0.2, 0.25) is 0 Å². The largest absolute Gasteiger partial charge is 0.393 e. The zero-order valence-corrected chi connectivity index (χ0v) is 13.9. The molecule has 2 fully saturated rings. The van der Waals surface area contributed by atoms with Crippen LogP contribution >= 0.6 is 0 Å². The lowest BCUT2D eigenvalue weighted by atomic mass is 9.93. The summed E-state index contributed by atoms with van der Waals surface area (Å²) in [6, 6.07) is 6.78. The molecule has 0 aromatic heterocycles. The minimum Gasteiger partial charge on any atom is -0.393 e. The standard InChI is InChI=1S/C18H26FN3O2/c19-16-5-1-2-6-17(16)22-11-3-4-14(12-22)21-18(24)20-13-7-9-15(23)10-8-13/h1-2,5-6,13-15,23H,3-4,7-12H2,(H2,20,21,24). The molecule has 1 atom stereocenters. The third-order valence-corrected chi connectivity index (χ3v) is 4.98. The minimum atomic E-state index is -0.223. The van der Waals surface area contributed by atoms with E-state index in [2.05, 4.69) is 10.6 Å². The molecule has 1 saturated carbocycles. The van der Waals surface area contributed by atoms with Crippen molar-refractivity contribution in [3.05, 3.63) is 30.1 Å². The predicted octanol–water partition coefficient (Wildman–Crippen LogP) is 2.40. The number of carbonyl (C=O) groups excluding carboxylic acids is 1. The number of nitrogens with one attached hydrogen (secondary N) is 2. The van der Waals surface area contributed by atoms with E-state index in [4.69, 9.17) is 0 Å². The van der Waals surface area contributed by atoms with Gasteiger partial charge in [0.1, 0.15) is 5.82 Å². The highest BCUT2D eigenvalue weighted by atomic mass is 19.1. The first-order valence-corrected chi connectivity index (χ1v) is 8.86. The molecule has 0 radical (unpaired) electrons. The molecule has 3 rings (SSSR count). The average molecular weight is 335 g/mol. The van der Waals surface area contributed by atoms with Crippen molar-refractivity contribution in [3.8, 4) is 0 Å². The Balaban J connectivity index is 1.50. The van der Waals surface area contributed by atoms with E-state index < -0.39 is 0 Å². The number of anilines is 1. The molecule has 2 aliphatic rings. The Bertz CT molecular complexity index is 561. The zero-order chi connectivity index (χ0) is 16.9. The van der Waals surface area contributed by atoms with Crippen molar-refractivity contribution >= 4 is 11.7 Å². The van der Waals surface area contributed by atoms with Crippen LogP contribution in [0, 0.1) is 5.82 Å². The van der Waals surface area contributed by atoms with Crippen molar-refractivity contribution in [1.82, 2.24) is 10.6 Å². The van der Waals surface area contributed by atoms with Crippen LogP contribution in [0.5, 0.6) is 0 Å². The summed E-state index contributed by atoms with van der Waals surface area (Å²) in [4.78, 5) is 14.2. The molecule has 0 bridgehead atoms. The molecule has 1 aromatic carbocycles. The van der Waals surface area contributed by atoms with E-state index >= 15 is 0 Å². The molecule has 1 saturated heterocycles. The van der Waals surface area contributed by atoms with Crippen LogP contribution in [0.15, 0.2) is 24.3 Å². The van der Waals surface area contributed by atoms with Crippen molar-refractivity contribution in [1.29, 1.82) is 0 Å². The summed E-state index contributed by atoms with van der Waals surface area (Å²) in [5.74, 6) is -0.219. The van der Waals surface area contributed by atoms with E-state index in [1.807, 2.05) is 11.0 Å². The molecule has 0 spiro atoms. The normalized spacial score (nSPS) is 27.6. The van der Waals surface area contributed by atoms with E-state index in [1.54, 1.807) is 12.1 Å². The number of amides is 2. The van der Waals surface area contributed by atoms with Gasteiger partial charge >= 0.3 is 6.03 Å². The summed E-state index contributed by atoms with van der Waals surface area (Å²) in [7, 11) is 0. The maximum atomic E-state index is 13.9. The second kappa shape index (κ2) is 7.83. The first-order valence-electron chi connectivity index (χ1n) is 8.86. The van der Waals surface area contributed by atoms with E-state index in [0.29, 0.717) is 12.2 Å². The Labute approximate surface area is 142 Å². The van der Waals surface area contributed by atoms with Crippen molar-refractivity contribution in [3.63, 3.8) is 0 Å². The SMILES string of the molecule is O=C(NC1CCC(O)CC1)NC1CCCN(c2ccccc2F)C1. The molecule has 1 heterocycles. The maximum Gasteiger partial charge on any atom is 0.315 e. The molecule has 132 valence electrons. The Morgan fingerprint density at radius 3 is 2.54 bits per heavy atom. The van der Waals surface area contributed by atoms with Crippen molar-refractivity contribution in [2.75, 3.05) is 18.0 Å². The Morgan fingerprint density at radius 2 is 1.79 bits per heavy atom. The predicted molar refractivity (Wildman–Crippen MR) is 91.6 cm³/mol. The van der Waals surface area contributed by atoms with E-state index in [0.717, 1.165) is 45.1 Å². The first kappa shape index (κ1) is 17.0. The number of carbonyl (C=O) groups is 1. The van der Waals surface area contributed by atoms with Crippen molar-refractivity contribution in [2.24, 2.45) is 0 Å². The fourth-order valence-electron chi connectivity index (χ4n) is 3.65. The molecular formula is C18H26FN3O2. The summed E-state index contributed by atoms with van der Waals surface area (Å²) < 4.78 is 13.9. The number of aliphatic hydroxyl groups excluding tert-OH is 1.